The standard InChI is InChI=1S/C24H21FN6O2S/c1-17(30-24-9-8-18(12-26)13-29-24)28-14-19-11-23(21-6-2-3-7-22(21)25)31(16-19)34(32,33)20-5-4-10-27-15-20/h2-11,13,15-17,28H,14H2,1H3,(H,29,30). The van der Waals surface area contributed by atoms with Gasteiger partial charge in [0.1, 0.15) is 22.6 Å². The predicted molar refractivity (Wildman–Crippen MR) is 126 cm³/mol. The van der Waals surface area contributed by atoms with E-state index in [-0.39, 0.29) is 22.3 Å². The second kappa shape index (κ2) is 9.82. The molecule has 10 heteroatoms. The van der Waals surface area contributed by atoms with Gasteiger partial charge in [-0.05, 0) is 55.0 Å². The lowest BCUT2D eigenvalue weighted by atomic mass is 10.1. The highest BCUT2D eigenvalue weighted by molar-refractivity contribution is 7.90. The summed E-state index contributed by atoms with van der Waals surface area (Å²) in [6.45, 7) is 2.18. The lowest BCUT2D eigenvalue weighted by Gasteiger charge is -2.15. The summed E-state index contributed by atoms with van der Waals surface area (Å²) in [6, 6.07) is 16.0. The van der Waals surface area contributed by atoms with Crippen molar-refractivity contribution in [3.05, 3.63) is 96.3 Å². The predicted octanol–water partition coefficient (Wildman–Crippen LogP) is 3.74. The molecule has 34 heavy (non-hydrogen) atoms. The molecule has 0 saturated carbocycles. The first kappa shape index (κ1) is 23.1. The Bertz CT molecular complexity index is 1430. The van der Waals surface area contributed by atoms with Crippen molar-refractivity contribution in [3.63, 3.8) is 0 Å². The Labute approximate surface area is 196 Å². The van der Waals surface area contributed by atoms with E-state index in [1.807, 2.05) is 13.0 Å². The van der Waals surface area contributed by atoms with E-state index in [9.17, 15) is 12.8 Å². The van der Waals surface area contributed by atoms with E-state index in [2.05, 4.69) is 20.6 Å². The fraction of sp³-hybridized carbons (Fsp3) is 0.125. The number of rotatable bonds is 8. The molecule has 4 rings (SSSR count). The molecular weight excluding hydrogens is 455 g/mol. The molecule has 0 bridgehead atoms. The van der Waals surface area contributed by atoms with E-state index < -0.39 is 15.8 Å². The van der Waals surface area contributed by atoms with E-state index in [0.29, 0.717) is 23.5 Å². The molecule has 0 spiro atoms. The molecule has 0 aliphatic heterocycles. The van der Waals surface area contributed by atoms with Crippen LogP contribution in [0.2, 0.25) is 0 Å². The third-order valence-electron chi connectivity index (χ3n) is 5.05. The van der Waals surface area contributed by atoms with Gasteiger partial charge in [-0.3, -0.25) is 10.3 Å². The zero-order chi connectivity index (χ0) is 24.1. The van der Waals surface area contributed by atoms with Crippen LogP contribution in [0.4, 0.5) is 10.2 Å². The molecule has 1 unspecified atom stereocenters. The lowest BCUT2D eigenvalue weighted by molar-refractivity contribution is 0.586. The van der Waals surface area contributed by atoms with Gasteiger partial charge < -0.3 is 5.32 Å². The molecule has 3 aromatic heterocycles. The maximum atomic E-state index is 14.6. The van der Waals surface area contributed by atoms with Crippen molar-refractivity contribution in [1.82, 2.24) is 19.3 Å². The summed E-state index contributed by atoms with van der Waals surface area (Å²) in [5.74, 6) is 0.0624. The monoisotopic (exact) mass is 476 g/mol. The normalized spacial score (nSPS) is 12.1. The molecule has 8 nitrogen and oxygen atoms in total. The summed E-state index contributed by atoms with van der Waals surface area (Å²) in [7, 11) is -4.00. The van der Waals surface area contributed by atoms with Crippen LogP contribution in [-0.4, -0.2) is 28.5 Å². The van der Waals surface area contributed by atoms with Crippen molar-refractivity contribution in [2.24, 2.45) is 0 Å². The first-order chi connectivity index (χ1) is 16.4. The van der Waals surface area contributed by atoms with Gasteiger partial charge >= 0.3 is 0 Å². The quantitative estimate of drug-likeness (QED) is 0.373. The zero-order valence-corrected chi connectivity index (χ0v) is 19.0. The largest absolute Gasteiger partial charge is 0.355 e. The highest BCUT2D eigenvalue weighted by atomic mass is 32.2. The van der Waals surface area contributed by atoms with Gasteiger partial charge in [0, 0.05) is 36.9 Å². The van der Waals surface area contributed by atoms with Crippen molar-refractivity contribution in [3.8, 4) is 17.3 Å². The molecule has 0 aliphatic rings. The SMILES string of the molecule is CC(NCc1cc(-c2ccccc2F)n(S(=O)(=O)c2cccnc2)c1)Nc1ccc(C#N)cn1. The van der Waals surface area contributed by atoms with Crippen LogP contribution < -0.4 is 10.6 Å². The summed E-state index contributed by atoms with van der Waals surface area (Å²) in [4.78, 5) is 8.08. The Morgan fingerprint density at radius 3 is 2.65 bits per heavy atom. The number of nitrogens with one attached hydrogen (secondary N) is 2. The van der Waals surface area contributed by atoms with E-state index in [1.165, 1.54) is 49.1 Å². The molecular formula is C24H21FN6O2S. The molecule has 0 radical (unpaired) electrons. The van der Waals surface area contributed by atoms with Gasteiger partial charge in [0.2, 0.25) is 0 Å². The number of hydrogen-bond acceptors (Lipinski definition) is 7. The molecule has 0 fully saturated rings. The number of pyridine rings is 2. The molecule has 0 amide bonds. The number of halogens is 1. The van der Waals surface area contributed by atoms with Gasteiger partial charge in [0.05, 0.1) is 17.4 Å². The second-order valence-corrected chi connectivity index (χ2v) is 9.31. The minimum Gasteiger partial charge on any atom is -0.355 e. The molecule has 0 aliphatic carbocycles. The highest BCUT2D eigenvalue weighted by Crippen LogP contribution is 2.29. The van der Waals surface area contributed by atoms with Crippen molar-refractivity contribution in [2.75, 3.05) is 5.32 Å². The van der Waals surface area contributed by atoms with Crippen molar-refractivity contribution in [1.29, 1.82) is 5.26 Å². The summed E-state index contributed by atoms with van der Waals surface area (Å²) in [5, 5.41) is 15.3. The van der Waals surface area contributed by atoms with Crippen LogP contribution in [0.15, 0.2) is 84.3 Å². The molecule has 2 N–H and O–H groups in total. The van der Waals surface area contributed by atoms with E-state index in [1.54, 1.807) is 30.3 Å². The number of hydrogen-bond donors (Lipinski definition) is 2. The summed E-state index contributed by atoms with van der Waals surface area (Å²) in [6.07, 6.45) is 5.47. The van der Waals surface area contributed by atoms with E-state index in [0.717, 1.165) is 3.97 Å². The minimum absolute atomic E-state index is 0.00428. The Morgan fingerprint density at radius 1 is 1.15 bits per heavy atom. The average Bonchev–Trinajstić information content (AvgIpc) is 3.29. The third-order valence-corrected chi connectivity index (χ3v) is 6.71. The number of anilines is 1. The van der Waals surface area contributed by atoms with Gasteiger partial charge in [-0.25, -0.2) is 21.8 Å². The number of benzene rings is 1. The van der Waals surface area contributed by atoms with E-state index >= 15 is 0 Å². The Balaban J connectivity index is 1.60. The summed E-state index contributed by atoms with van der Waals surface area (Å²) in [5.41, 5.74) is 1.50. The average molecular weight is 477 g/mol. The van der Waals surface area contributed by atoms with Crippen LogP contribution in [0.3, 0.4) is 0 Å². The molecule has 4 aromatic rings. The lowest BCUT2D eigenvalue weighted by Crippen LogP contribution is -2.33. The second-order valence-electron chi connectivity index (χ2n) is 7.49. The van der Waals surface area contributed by atoms with E-state index in [4.69, 9.17) is 5.26 Å². The minimum atomic E-state index is -4.00. The van der Waals surface area contributed by atoms with Crippen LogP contribution >= 0.6 is 0 Å². The summed E-state index contributed by atoms with van der Waals surface area (Å²) < 4.78 is 42.3. The molecule has 0 saturated heterocycles. The van der Waals surface area contributed by atoms with Crippen molar-refractivity contribution < 1.29 is 12.8 Å². The van der Waals surface area contributed by atoms with Crippen LogP contribution in [0.25, 0.3) is 11.3 Å². The fourth-order valence-electron chi connectivity index (χ4n) is 3.36. The Morgan fingerprint density at radius 2 is 1.97 bits per heavy atom. The van der Waals surface area contributed by atoms with Gasteiger partial charge in [-0.2, -0.15) is 5.26 Å². The highest BCUT2D eigenvalue weighted by Gasteiger charge is 2.23. The topological polar surface area (TPSA) is 113 Å². The molecule has 1 atom stereocenters. The van der Waals surface area contributed by atoms with Crippen molar-refractivity contribution in [2.45, 2.75) is 24.5 Å². The zero-order valence-electron chi connectivity index (χ0n) is 18.2. The van der Waals surface area contributed by atoms with Crippen LogP contribution in [0.1, 0.15) is 18.1 Å². The van der Waals surface area contributed by atoms with Crippen LogP contribution in [0.5, 0.6) is 0 Å². The Kier molecular flexibility index (Phi) is 6.67. The first-order valence-corrected chi connectivity index (χ1v) is 11.8. The van der Waals surface area contributed by atoms with Crippen molar-refractivity contribution >= 4 is 15.8 Å². The third kappa shape index (κ3) is 4.96. The molecule has 3 heterocycles. The van der Waals surface area contributed by atoms with Crippen LogP contribution in [-0.2, 0) is 16.6 Å². The smallest absolute Gasteiger partial charge is 0.269 e. The maximum Gasteiger partial charge on any atom is 0.269 e. The van der Waals surface area contributed by atoms with Gasteiger partial charge in [-0.1, -0.05) is 12.1 Å². The molecule has 172 valence electrons. The maximum absolute atomic E-state index is 14.6. The van der Waals surface area contributed by atoms with Gasteiger partial charge in [0.25, 0.3) is 10.0 Å². The first-order valence-electron chi connectivity index (χ1n) is 10.4. The fourth-order valence-corrected chi connectivity index (χ4v) is 4.72. The number of aromatic nitrogens is 3. The van der Waals surface area contributed by atoms with Gasteiger partial charge in [-0.15, -0.1) is 0 Å². The van der Waals surface area contributed by atoms with Gasteiger partial charge in [0.15, 0.2) is 0 Å². The number of nitriles is 1. The summed E-state index contributed by atoms with van der Waals surface area (Å²) >= 11 is 0. The van der Waals surface area contributed by atoms with Crippen LogP contribution in [0, 0.1) is 17.1 Å². The molecule has 1 aromatic carbocycles. The number of nitrogens with zero attached hydrogens (tertiary/aromatic N) is 4. The Hall–Kier alpha value is -4.07.